The van der Waals surface area contributed by atoms with Crippen LogP contribution in [0.5, 0.6) is 0 Å². The zero-order valence-electron chi connectivity index (χ0n) is 14.9. The van der Waals surface area contributed by atoms with Crippen molar-refractivity contribution >= 4 is 23.2 Å². The Kier molecular flexibility index (Phi) is 4.71. The van der Waals surface area contributed by atoms with Gasteiger partial charge in [-0.1, -0.05) is 32.9 Å². The van der Waals surface area contributed by atoms with Gasteiger partial charge in [0.25, 0.3) is 5.91 Å². The predicted molar refractivity (Wildman–Crippen MR) is 97.0 cm³/mol. The third-order valence-electron chi connectivity index (χ3n) is 3.90. The molecule has 0 aliphatic rings. The monoisotopic (exact) mass is 352 g/mol. The van der Waals surface area contributed by atoms with E-state index in [-0.39, 0.29) is 12.0 Å². The normalized spacial score (nSPS) is 11.3. The van der Waals surface area contributed by atoms with E-state index in [9.17, 15) is 9.59 Å². The second-order valence-electron chi connectivity index (χ2n) is 6.97. The first kappa shape index (κ1) is 17.6. The average Bonchev–Trinajstić information content (AvgIpc) is 3.07. The lowest BCUT2D eigenvalue weighted by molar-refractivity contribution is -0.119. The molecule has 0 aliphatic heterocycles. The van der Waals surface area contributed by atoms with Gasteiger partial charge >= 0.3 is 5.97 Å². The molecule has 2 aromatic heterocycles. The van der Waals surface area contributed by atoms with Crippen molar-refractivity contribution in [2.75, 3.05) is 11.9 Å². The van der Waals surface area contributed by atoms with Gasteiger partial charge in [0.05, 0.1) is 5.56 Å². The number of benzene rings is 1. The molecule has 0 radical (unpaired) electrons. The molecular formula is C19H20N4O3. The first-order valence-electron chi connectivity index (χ1n) is 8.20. The minimum Gasteiger partial charge on any atom is -0.452 e. The van der Waals surface area contributed by atoms with E-state index in [1.165, 1.54) is 11.9 Å². The standard InChI is InChI=1S/C19H20N4O3/c1-19(2,3)14-5-7-15(8-6-14)21-17(24)11-26-18(25)13-4-9-16-22-20-12-23(16)10-13/h4-10,12H,11H2,1-3H3,(H,21,24). The number of carbonyl (C=O) groups excluding carboxylic acids is 2. The van der Waals surface area contributed by atoms with E-state index in [0.717, 1.165) is 0 Å². The molecule has 1 amide bonds. The van der Waals surface area contributed by atoms with E-state index in [2.05, 4.69) is 36.3 Å². The fourth-order valence-corrected chi connectivity index (χ4v) is 2.41. The minimum atomic E-state index is -0.584. The van der Waals surface area contributed by atoms with Crippen LogP contribution in [0.3, 0.4) is 0 Å². The molecule has 1 aromatic carbocycles. The molecule has 3 rings (SSSR count). The number of nitrogens with one attached hydrogen (secondary N) is 1. The highest BCUT2D eigenvalue weighted by atomic mass is 16.5. The molecule has 26 heavy (non-hydrogen) atoms. The molecule has 0 fully saturated rings. The quantitative estimate of drug-likeness (QED) is 0.730. The minimum absolute atomic E-state index is 0.0456. The van der Waals surface area contributed by atoms with Gasteiger partial charge in [-0.25, -0.2) is 4.79 Å². The zero-order chi connectivity index (χ0) is 18.7. The van der Waals surface area contributed by atoms with Crippen LogP contribution in [0.4, 0.5) is 5.69 Å². The topological polar surface area (TPSA) is 85.6 Å². The Morgan fingerprint density at radius 3 is 2.54 bits per heavy atom. The molecule has 0 saturated heterocycles. The van der Waals surface area contributed by atoms with Crippen LogP contribution in [0.1, 0.15) is 36.7 Å². The Labute approximate surface area is 151 Å². The number of carbonyl (C=O) groups is 2. The van der Waals surface area contributed by atoms with Crippen LogP contribution in [-0.2, 0) is 14.9 Å². The fourth-order valence-electron chi connectivity index (χ4n) is 2.41. The van der Waals surface area contributed by atoms with E-state index >= 15 is 0 Å². The highest BCUT2D eigenvalue weighted by molar-refractivity contribution is 5.95. The Hall–Kier alpha value is -3.22. The maximum atomic E-state index is 12.1. The fraction of sp³-hybridized carbons (Fsp3) is 0.263. The zero-order valence-corrected chi connectivity index (χ0v) is 14.9. The van der Waals surface area contributed by atoms with Gasteiger partial charge in [0, 0.05) is 11.9 Å². The molecule has 7 heteroatoms. The van der Waals surface area contributed by atoms with Crippen molar-refractivity contribution in [2.45, 2.75) is 26.2 Å². The second kappa shape index (κ2) is 6.95. The van der Waals surface area contributed by atoms with E-state index < -0.39 is 11.9 Å². The van der Waals surface area contributed by atoms with Crippen molar-refractivity contribution in [2.24, 2.45) is 0 Å². The molecule has 0 spiro atoms. The van der Waals surface area contributed by atoms with Gasteiger partial charge in [-0.05, 0) is 35.2 Å². The van der Waals surface area contributed by atoms with Crippen molar-refractivity contribution in [3.8, 4) is 0 Å². The Morgan fingerprint density at radius 1 is 1.12 bits per heavy atom. The number of fused-ring (bicyclic) bond motifs is 1. The first-order valence-corrected chi connectivity index (χ1v) is 8.20. The molecule has 3 aromatic rings. The van der Waals surface area contributed by atoms with Crippen LogP contribution in [0, 0.1) is 0 Å². The van der Waals surface area contributed by atoms with Crippen LogP contribution in [0.25, 0.3) is 5.65 Å². The van der Waals surface area contributed by atoms with Crippen LogP contribution in [0.15, 0.2) is 48.9 Å². The van der Waals surface area contributed by atoms with Gasteiger partial charge in [-0.3, -0.25) is 9.20 Å². The smallest absolute Gasteiger partial charge is 0.340 e. The average molecular weight is 352 g/mol. The molecule has 0 unspecified atom stereocenters. The van der Waals surface area contributed by atoms with Gasteiger partial charge in [-0.15, -0.1) is 10.2 Å². The van der Waals surface area contributed by atoms with E-state index in [4.69, 9.17) is 4.74 Å². The number of esters is 1. The first-order chi connectivity index (χ1) is 12.3. The summed E-state index contributed by atoms with van der Waals surface area (Å²) in [7, 11) is 0. The summed E-state index contributed by atoms with van der Waals surface area (Å²) < 4.78 is 6.67. The number of hydrogen-bond acceptors (Lipinski definition) is 5. The number of anilines is 1. The van der Waals surface area contributed by atoms with Crippen molar-refractivity contribution < 1.29 is 14.3 Å². The van der Waals surface area contributed by atoms with Crippen molar-refractivity contribution in [3.05, 3.63) is 60.0 Å². The van der Waals surface area contributed by atoms with Crippen LogP contribution in [-0.4, -0.2) is 33.1 Å². The highest BCUT2D eigenvalue weighted by Crippen LogP contribution is 2.23. The summed E-state index contributed by atoms with van der Waals surface area (Å²) in [6, 6.07) is 10.8. The molecule has 0 saturated carbocycles. The van der Waals surface area contributed by atoms with E-state index in [1.54, 1.807) is 22.7 Å². The van der Waals surface area contributed by atoms with E-state index in [0.29, 0.717) is 16.9 Å². The van der Waals surface area contributed by atoms with E-state index in [1.807, 2.05) is 24.3 Å². The lowest BCUT2D eigenvalue weighted by atomic mass is 9.87. The van der Waals surface area contributed by atoms with Gasteiger partial charge in [0.2, 0.25) is 0 Å². The van der Waals surface area contributed by atoms with Crippen LogP contribution in [0.2, 0.25) is 0 Å². The highest BCUT2D eigenvalue weighted by Gasteiger charge is 2.14. The molecule has 134 valence electrons. The summed E-state index contributed by atoms with van der Waals surface area (Å²) in [6.45, 7) is 6.01. The Morgan fingerprint density at radius 2 is 1.85 bits per heavy atom. The summed E-state index contributed by atoms with van der Waals surface area (Å²) in [5.41, 5.74) is 2.82. The predicted octanol–water partition coefficient (Wildman–Crippen LogP) is 2.82. The maximum absolute atomic E-state index is 12.1. The SMILES string of the molecule is CC(C)(C)c1ccc(NC(=O)COC(=O)c2ccc3nncn3c2)cc1. The lowest BCUT2D eigenvalue weighted by Gasteiger charge is -2.19. The van der Waals surface area contributed by atoms with Gasteiger partial charge in [0.1, 0.15) is 6.33 Å². The Balaban J connectivity index is 1.55. The van der Waals surface area contributed by atoms with Crippen molar-refractivity contribution in [3.63, 3.8) is 0 Å². The molecule has 0 aliphatic carbocycles. The summed E-state index contributed by atoms with van der Waals surface area (Å²) in [5.74, 6) is -0.980. The number of amides is 1. The third kappa shape index (κ3) is 4.05. The molecular weight excluding hydrogens is 332 g/mol. The number of hydrogen-bond donors (Lipinski definition) is 1. The van der Waals surface area contributed by atoms with Crippen molar-refractivity contribution in [1.82, 2.24) is 14.6 Å². The molecule has 7 nitrogen and oxygen atoms in total. The van der Waals surface area contributed by atoms with Crippen LogP contribution < -0.4 is 5.32 Å². The number of nitrogens with zero attached hydrogens (tertiary/aromatic N) is 3. The number of aromatic nitrogens is 3. The maximum Gasteiger partial charge on any atom is 0.340 e. The number of ether oxygens (including phenoxy) is 1. The van der Waals surface area contributed by atoms with Crippen LogP contribution >= 0.6 is 0 Å². The Bertz CT molecular complexity index is 939. The summed E-state index contributed by atoms with van der Waals surface area (Å²) in [6.07, 6.45) is 3.04. The lowest BCUT2D eigenvalue weighted by Crippen LogP contribution is -2.21. The molecule has 0 bridgehead atoms. The summed E-state index contributed by atoms with van der Waals surface area (Å²) in [5, 5.41) is 10.3. The van der Waals surface area contributed by atoms with Gasteiger partial charge in [0.15, 0.2) is 12.3 Å². The van der Waals surface area contributed by atoms with Gasteiger partial charge < -0.3 is 10.1 Å². The largest absolute Gasteiger partial charge is 0.452 e. The van der Waals surface area contributed by atoms with Crippen molar-refractivity contribution in [1.29, 1.82) is 0 Å². The number of rotatable bonds is 4. The third-order valence-corrected chi connectivity index (χ3v) is 3.90. The summed E-state index contributed by atoms with van der Waals surface area (Å²) >= 11 is 0. The molecule has 2 heterocycles. The number of pyridine rings is 1. The molecule has 0 atom stereocenters. The summed E-state index contributed by atoms with van der Waals surface area (Å²) in [4.78, 5) is 24.1. The molecule has 1 N–H and O–H groups in total. The van der Waals surface area contributed by atoms with Gasteiger partial charge in [-0.2, -0.15) is 0 Å². The second-order valence-corrected chi connectivity index (χ2v) is 6.97.